The first kappa shape index (κ1) is 38.0. The van der Waals surface area contributed by atoms with Gasteiger partial charge in [-0.2, -0.15) is 0 Å². The summed E-state index contributed by atoms with van der Waals surface area (Å²) in [6, 6.07) is 95.7. The van der Waals surface area contributed by atoms with Crippen molar-refractivity contribution in [3.63, 3.8) is 0 Å². The zero-order chi connectivity index (χ0) is 45.7. The maximum absolute atomic E-state index is 2.56. The molecular weight excluding hydrogens is 845 g/mol. The molecule has 324 valence electrons. The molecule has 3 aliphatic carbocycles. The first-order chi connectivity index (χ1) is 34.8. The molecule has 0 N–H and O–H groups in total. The van der Waals surface area contributed by atoms with Gasteiger partial charge in [-0.3, -0.25) is 0 Å². The van der Waals surface area contributed by atoms with Crippen LogP contribution in [0.2, 0.25) is 0 Å². The molecule has 0 saturated heterocycles. The molecule has 2 heteroatoms. The Kier molecular flexibility index (Phi) is 7.51. The number of anilines is 3. The summed E-state index contributed by atoms with van der Waals surface area (Å²) in [5.74, 6) is 0. The van der Waals surface area contributed by atoms with Gasteiger partial charge in [0, 0.05) is 27.7 Å². The highest BCUT2D eigenvalue weighted by Gasteiger charge is 2.53. The van der Waals surface area contributed by atoms with E-state index in [1.807, 2.05) is 0 Å². The standard InChI is InChI=1S/C68H42N2/c1-2-18-45(19-3-1)69(63-35-17-32-60-65(63)53-24-8-13-30-58(53)67(60)54-26-9-4-20-47(54)48-21-5-10-27-55(48)67)46-39-36-43(37-40-46)44-38-41-51-52-25-16-33-61-66(52)70(64(51)42-44)62-34-15-14-31-59(62)68(61)56-28-11-6-22-49(56)50-23-7-12-29-57(50)68/h1-42H. The Morgan fingerprint density at radius 3 is 1.39 bits per heavy atom. The number of rotatable bonds is 4. The molecule has 0 saturated carbocycles. The second-order valence-corrected chi connectivity index (χ2v) is 19.4. The SMILES string of the molecule is c1ccc(N(c2ccc(-c3ccc4c5cccc6c5n(c4c3)-c3ccccc3C63c4ccccc4-c4ccccc43)cc2)c2cccc3c2-c2ccccc2C32c3ccccc3-c3ccccc32)cc1. The third-order valence-corrected chi connectivity index (χ3v) is 16.4. The van der Waals surface area contributed by atoms with Gasteiger partial charge in [0.1, 0.15) is 0 Å². The molecule has 11 aromatic carbocycles. The van der Waals surface area contributed by atoms with E-state index in [0.29, 0.717) is 0 Å². The largest absolute Gasteiger partial charge is 0.310 e. The van der Waals surface area contributed by atoms with Gasteiger partial charge in [-0.25, -0.2) is 0 Å². The van der Waals surface area contributed by atoms with Gasteiger partial charge in [-0.05, 0) is 126 Å². The van der Waals surface area contributed by atoms with Crippen LogP contribution in [-0.4, -0.2) is 4.57 Å². The predicted octanol–water partition coefficient (Wildman–Crippen LogP) is 16.9. The second-order valence-electron chi connectivity index (χ2n) is 19.4. The number of fused-ring (bicyclic) bond motifs is 22. The molecule has 0 bridgehead atoms. The molecule has 2 nitrogen and oxygen atoms in total. The van der Waals surface area contributed by atoms with E-state index in [-0.39, 0.29) is 0 Å². The summed E-state index contributed by atoms with van der Waals surface area (Å²) in [6.45, 7) is 0. The Morgan fingerprint density at radius 2 is 0.757 bits per heavy atom. The van der Waals surface area contributed by atoms with E-state index < -0.39 is 10.8 Å². The first-order valence-corrected chi connectivity index (χ1v) is 24.5. The van der Waals surface area contributed by atoms with Gasteiger partial charge in [0.25, 0.3) is 0 Å². The van der Waals surface area contributed by atoms with Crippen LogP contribution in [0.4, 0.5) is 17.1 Å². The summed E-state index contributed by atoms with van der Waals surface area (Å²) in [5, 5.41) is 2.55. The Bertz CT molecular complexity index is 4100. The molecule has 2 heterocycles. The number of hydrogen-bond acceptors (Lipinski definition) is 1. The van der Waals surface area contributed by atoms with Gasteiger partial charge >= 0.3 is 0 Å². The van der Waals surface area contributed by atoms with Crippen LogP contribution in [0, 0.1) is 0 Å². The zero-order valence-electron chi connectivity index (χ0n) is 38.1. The van der Waals surface area contributed by atoms with Crippen LogP contribution in [0.15, 0.2) is 255 Å². The van der Waals surface area contributed by atoms with Crippen molar-refractivity contribution in [3.05, 3.63) is 299 Å². The maximum atomic E-state index is 2.56. The number of aromatic nitrogens is 1. The van der Waals surface area contributed by atoms with Gasteiger partial charge in [0.05, 0.1) is 33.2 Å². The van der Waals surface area contributed by atoms with Gasteiger partial charge in [-0.1, -0.05) is 212 Å². The van der Waals surface area contributed by atoms with Crippen molar-refractivity contribution in [1.82, 2.24) is 4.57 Å². The topological polar surface area (TPSA) is 8.17 Å². The quantitative estimate of drug-likeness (QED) is 0.171. The van der Waals surface area contributed by atoms with Crippen molar-refractivity contribution in [2.75, 3.05) is 4.90 Å². The van der Waals surface area contributed by atoms with E-state index in [0.717, 1.165) is 11.4 Å². The van der Waals surface area contributed by atoms with E-state index >= 15 is 0 Å². The van der Waals surface area contributed by atoms with Crippen LogP contribution in [0.1, 0.15) is 44.5 Å². The minimum absolute atomic E-state index is 0.420. The van der Waals surface area contributed by atoms with Gasteiger partial charge in [-0.15, -0.1) is 0 Å². The molecule has 12 aromatic rings. The fourth-order valence-electron chi connectivity index (χ4n) is 13.9. The summed E-state index contributed by atoms with van der Waals surface area (Å²) in [6.07, 6.45) is 0. The number of hydrogen-bond donors (Lipinski definition) is 0. The minimum atomic E-state index is -0.426. The minimum Gasteiger partial charge on any atom is -0.310 e. The summed E-state index contributed by atoms with van der Waals surface area (Å²) >= 11 is 0. The zero-order valence-corrected chi connectivity index (χ0v) is 38.1. The summed E-state index contributed by atoms with van der Waals surface area (Å²) in [5.41, 5.74) is 27.3. The predicted molar refractivity (Wildman–Crippen MR) is 288 cm³/mol. The molecule has 0 unspecified atom stereocenters. The Hall–Kier alpha value is -8.98. The van der Waals surface area contributed by atoms with Gasteiger partial charge in [0.2, 0.25) is 0 Å². The van der Waals surface area contributed by atoms with E-state index in [1.165, 1.54) is 122 Å². The normalized spacial score (nSPS) is 14.2. The Labute approximate surface area is 406 Å². The second kappa shape index (κ2) is 13.8. The van der Waals surface area contributed by atoms with Crippen LogP contribution in [0.3, 0.4) is 0 Å². The average Bonchev–Trinajstić information content (AvgIpc) is 4.13. The molecule has 0 atom stereocenters. The highest BCUT2D eigenvalue weighted by atomic mass is 15.1. The molecule has 1 aliphatic heterocycles. The Morgan fingerprint density at radius 1 is 0.300 bits per heavy atom. The van der Waals surface area contributed by atoms with Crippen molar-refractivity contribution in [2.24, 2.45) is 0 Å². The van der Waals surface area contributed by atoms with Gasteiger partial charge < -0.3 is 9.47 Å². The number of benzene rings is 11. The van der Waals surface area contributed by atoms with Crippen LogP contribution < -0.4 is 4.90 Å². The fraction of sp³-hybridized carbons (Fsp3) is 0.0294. The average molecular weight is 887 g/mol. The molecule has 70 heavy (non-hydrogen) atoms. The van der Waals surface area contributed by atoms with Crippen molar-refractivity contribution in [2.45, 2.75) is 10.8 Å². The van der Waals surface area contributed by atoms with Gasteiger partial charge in [0.15, 0.2) is 0 Å². The molecule has 0 radical (unpaired) electrons. The lowest BCUT2D eigenvalue weighted by Gasteiger charge is -2.39. The fourth-order valence-corrected chi connectivity index (χ4v) is 13.9. The molecule has 0 amide bonds. The smallest absolute Gasteiger partial charge is 0.0754 e. The first-order valence-electron chi connectivity index (χ1n) is 24.5. The molecule has 2 spiro atoms. The molecule has 4 aliphatic rings. The maximum Gasteiger partial charge on any atom is 0.0754 e. The van der Waals surface area contributed by atoms with E-state index in [4.69, 9.17) is 0 Å². The lowest BCUT2D eigenvalue weighted by molar-refractivity contribution is 0.748. The molecular formula is C68H42N2. The third-order valence-electron chi connectivity index (χ3n) is 16.4. The van der Waals surface area contributed by atoms with Crippen LogP contribution in [-0.2, 0) is 10.8 Å². The Balaban J connectivity index is 0.868. The van der Waals surface area contributed by atoms with Crippen molar-refractivity contribution in [3.8, 4) is 50.2 Å². The lowest BCUT2D eigenvalue weighted by atomic mass is 9.65. The lowest BCUT2D eigenvalue weighted by Crippen LogP contribution is -2.33. The highest BCUT2D eigenvalue weighted by Crippen LogP contribution is 2.65. The molecule has 0 fully saturated rings. The van der Waals surface area contributed by atoms with Crippen molar-refractivity contribution < 1.29 is 0 Å². The van der Waals surface area contributed by atoms with Crippen LogP contribution >= 0.6 is 0 Å². The third kappa shape index (κ3) is 4.59. The summed E-state index contributed by atoms with van der Waals surface area (Å²) in [7, 11) is 0. The van der Waals surface area contributed by atoms with Crippen LogP contribution in [0.5, 0.6) is 0 Å². The molecule has 1 aromatic heterocycles. The van der Waals surface area contributed by atoms with E-state index in [2.05, 4.69) is 264 Å². The van der Waals surface area contributed by atoms with E-state index in [1.54, 1.807) is 0 Å². The number of nitrogens with zero attached hydrogens (tertiary/aromatic N) is 2. The highest BCUT2D eigenvalue weighted by molar-refractivity contribution is 6.14. The summed E-state index contributed by atoms with van der Waals surface area (Å²) < 4.78 is 2.56. The molecule has 16 rings (SSSR count). The monoisotopic (exact) mass is 886 g/mol. The van der Waals surface area contributed by atoms with Crippen LogP contribution in [0.25, 0.3) is 72.0 Å². The summed E-state index contributed by atoms with van der Waals surface area (Å²) in [4.78, 5) is 2.46. The van der Waals surface area contributed by atoms with Crippen molar-refractivity contribution in [1.29, 1.82) is 0 Å². The van der Waals surface area contributed by atoms with E-state index in [9.17, 15) is 0 Å². The van der Waals surface area contributed by atoms with Crippen molar-refractivity contribution >= 4 is 38.9 Å². The number of para-hydroxylation sites is 3.